The lowest BCUT2D eigenvalue weighted by atomic mass is 10.2. The van der Waals surface area contributed by atoms with E-state index in [4.69, 9.17) is 0 Å². The van der Waals surface area contributed by atoms with E-state index in [0.29, 0.717) is 16.9 Å². The van der Waals surface area contributed by atoms with Crippen molar-refractivity contribution in [2.24, 2.45) is 0 Å². The molecule has 3 rings (SSSR count). The number of benzene rings is 2. The van der Waals surface area contributed by atoms with E-state index in [1.807, 2.05) is 19.0 Å². The van der Waals surface area contributed by atoms with Crippen molar-refractivity contribution in [3.05, 3.63) is 78.5 Å². The maximum Gasteiger partial charge on any atom is 0.261 e. The van der Waals surface area contributed by atoms with Crippen molar-refractivity contribution in [1.82, 2.24) is 4.98 Å². The molecule has 144 valence electrons. The first-order valence-corrected chi connectivity index (χ1v) is 9.96. The van der Waals surface area contributed by atoms with Gasteiger partial charge in [0.15, 0.2) is 0 Å². The zero-order chi connectivity index (χ0) is 20.1. The lowest BCUT2D eigenvalue weighted by Gasteiger charge is -2.12. The number of para-hydroxylation sites is 1. The van der Waals surface area contributed by atoms with E-state index in [0.717, 1.165) is 5.82 Å². The molecule has 2 N–H and O–H groups in total. The highest BCUT2D eigenvalue weighted by atomic mass is 32.2. The molecule has 8 heteroatoms. The number of nitrogens with zero attached hydrogens (tertiary/aromatic N) is 2. The normalized spacial score (nSPS) is 10.9. The van der Waals surface area contributed by atoms with Gasteiger partial charge in [-0.25, -0.2) is 13.4 Å². The number of rotatable bonds is 6. The zero-order valence-corrected chi connectivity index (χ0v) is 16.3. The average molecular weight is 396 g/mol. The predicted molar refractivity (Wildman–Crippen MR) is 110 cm³/mol. The molecular formula is C20H20N4O3S. The quantitative estimate of drug-likeness (QED) is 0.668. The van der Waals surface area contributed by atoms with Crippen molar-refractivity contribution in [2.75, 3.05) is 29.0 Å². The number of sulfonamides is 1. The van der Waals surface area contributed by atoms with Crippen molar-refractivity contribution in [3.63, 3.8) is 0 Å². The monoisotopic (exact) mass is 396 g/mol. The topological polar surface area (TPSA) is 91.4 Å². The van der Waals surface area contributed by atoms with E-state index in [9.17, 15) is 13.2 Å². The van der Waals surface area contributed by atoms with Crippen LogP contribution >= 0.6 is 0 Å². The van der Waals surface area contributed by atoms with Crippen LogP contribution in [0.15, 0.2) is 77.8 Å². The Kier molecular flexibility index (Phi) is 5.60. The van der Waals surface area contributed by atoms with Gasteiger partial charge in [0.05, 0.1) is 16.8 Å². The largest absolute Gasteiger partial charge is 0.363 e. The van der Waals surface area contributed by atoms with Crippen molar-refractivity contribution in [3.8, 4) is 0 Å². The van der Waals surface area contributed by atoms with Gasteiger partial charge in [-0.1, -0.05) is 18.2 Å². The standard InChI is InChI=1S/C20H20N4O3S/c1-24(2)19-13-10-17(14-21-19)22-20(25)15-8-11-18(12-9-15)28(26,27)23-16-6-4-3-5-7-16/h3-14,23H,1-2H3,(H,22,25). The molecule has 0 saturated carbocycles. The molecule has 1 heterocycles. The van der Waals surface area contributed by atoms with Crippen LogP contribution in [0.1, 0.15) is 10.4 Å². The number of nitrogens with one attached hydrogen (secondary N) is 2. The summed E-state index contributed by atoms with van der Waals surface area (Å²) >= 11 is 0. The summed E-state index contributed by atoms with van der Waals surface area (Å²) in [6.07, 6.45) is 1.57. The zero-order valence-electron chi connectivity index (χ0n) is 15.5. The number of amides is 1. The number of hydrogen-bond donors (Lipinski definition) is 2. The highest BCUT2D eigenvalue weighted by Crippen LogP contribution is 2.17. The number of pyridine rings is 1. The Morgan fingerprint density at radius 3 is 2.14 bits per heavy atom. The molecule has 0 aliphatic heterocycles. The highest BCUT2D eigenvalue weighted by molar-refractivity contribution is 7.92. The Balaban J connectivity index is 1.70. The first-order chi connectivity index (χ1) is 13.3. The molecular weight excluding hydrogens is 376 g/mol. The van der Waals surface area contributed by atoms with E-state index in [2.05, 4.69) is 15.0 Å². The van der Waals surface area contributed by atoms with Crippen LogP contribution in [0.25, 0.3) is 0 Å². The summed E-state index contributed by atoms with van der Waals surface area (Å²) in [7, 11) is 0.0317. The van der Waals surface area contributed by atoms with E-state index >= 15 is 0 Å². The molecule has 0 aliphatic carbocycles. The predicted octanol–water partition coefficient (Wildman–Crippen LogP) is 3.20. The minimum Gasteiger partial charge on any atom is -0.363 e. The highest BCUT2D eigenvalue weighted by Gasteiger charge is 2.15. The fourth-order valence-electron chi connectivity index (χ4n) is 2.43. The first kappa shape index (κ1) is 19.4. The summed E-state index contributed by atoms with van der Waals surface area (Å²) < 4.78 is 27.4. The van der Waals surface area contributed by atoms with Crippen molar-refractivity contribution in [2.45, 2.75) is 4.90 Å². The van der Waals surface area contributed by atoms with E-state index in [1.165, 1.54) is 24.3 Å². The van der Waals surface area contributed by atoms with E-state index in [1.54, 1.807) is 48.7 Å². The van der Waals surface area contributed by atoms with Crippen LogP contribution in [0.5, 0.6) is 0 Å². The van der Waals surface area contributed by atoms with Gasteiger partial charge in [0, 0.05) is 25.3 Å². The summed E-state index contributed by atoms with van der Waals surface area (Å²) in [6, 6.07) is 17.9. The third kappa shape index (κ3) is 4.66. The van der Waals surface area contributed by atoms with Gasteiger partial charge >= 0.3 is 0 Å². The Bertz CT molecular complexity index is 1050. The smallest absolute Gasteiger partial charge is 0.261 e. The van der Waals surface area contributed by atoms with E-state index < -0.39 is 10.0 Å². The minimum absolute atomic E-state index is 0.0740. The molecule has 0 fully saturated rings. The van der Waals surface area contributed by atoms with Gasteiger partial charge in [0.2, 0.25) is 0 Å². The molecule has 0 bridgehead atoms. The first-order valence-electron chi connectivity index (χ1n) is 8.48. The second-order valence-corrected chi connectivity index (χ2v) is 7.93. The summed E-state index contributed by atoms with van der Waals surface area (Å²) in [6.45, 7) is 0. The number of carbonyl (C=O) groups is 1. The van der Waals surface area contributed by atoms with Crippen LogP contribution in [-0.2, 0) is 10.0 Å². The van der Waals surface area contributed by atoms with Crippen molar-refractivity contribution in [1.29, 1.82) is 0 Å². The molecule has 1 aromatic heterocycles. The molecule has 0 unspecified atom stereocenters. The molecule has 7 nitrogen and oxygen atoms in total. The van der Waals surface area contributed by atoms with Gasteiger partial charge in [-0.2, -0.15) is 0 Å². The second-order valence-electron chi connectivity index (χ2n) is 6.25. The fourth-order valence-corrected chi connectivity index (χ4v) is 3.49. The Morgan fingerprint density at radius 1 is 0.893 bits per heavy atom. The van der Waals surface area contributed by atoms with Crippen LogP contribution < -0.4 is 14.9 Å². The molecule has 0 saturated heterocycles. The Hall–Kier alpha value is -3.39. The number of hydrogen-bond acceptors (Lipinski definition) is 5. The number of anilines is 3. The molecule has 2 aromatic carbocycles. The van der Waals surface area contributed by atoms with Crippen LogP contribution in [0.4, 0.5) is 17.2 Å². The van der Waals surface area contributed by atoms with Crippen LogP contribution in [0, 0.1) is 0 Å². The average Bonchev–Trinajstić information content (AvgIpc) is 2.69. The van der Waals surface area contributed by atoms with Gasteiger partial charge < -0.3 is 10.2 Å². The summed E-state index contributed by atoms with van der Waals surface area (Å²) in [5.41, 5.74) is 1.37. The van der Waals surface area contributed by atoms with Crippen LogP contribution in [0.2, 0.25) is 0 Å². The molecule has 0 atom stereocenters. The Labute approximate surface area is 164 Å². The van der Waals surface area contributed by atoms with E-state index in [-0.39, 0.29) is 10.8 Å². The third-order valence-electron chi connectivity index (χ3n) is 3.92. The number of carbonyl (C=O) groups excluding carboxylic acids is 1. The fraction of sp³-hybridized carbons (Fsp3) is 0.100. The SMILES string of the molecule is CN(C)c1ccc(NC(=O)c2ccc(S(=O)(=O)Nc3ccccc3)cc2)cn1. The molecule has 0 spiro atoms. The summed E-state index contributed by atoms with van der Waals surface area (Å²) in [5, 5.41) is 2.74. The van der Waals surface area contributed by atoms with Gasteiger partial charge in [0.1, 0.15) is 5.82 Å². The van der Waals surface area contributed by atoms with Crippen LogP contribution in [0.3, 0.4) is 0 Å². The van der Waals surface area contributed by atoms with Crippen molar-refractivity contribution < 1.29 is 13.2 Å². The number of aromatic nitrogens is 1. The van der Waals surface area contributed by atoms with Crippen LogP contribution in [-0.4, -0.2) is 33.4 Å². The summed E-state index contributed by atoms with van der Waals surface area (Å²) in [5.74, 6) is 0.429. The lowest BCUT2D eigenvalue weighted by molar-refractivity contribution is 0.102. The molecule has 0 radical (unpaired) electrons. The maximum absolute atomic E-state index is 12.4. The van der Waals surface area contributed by atoms with Gasteiger partial charge in [-0.3, -0.25) is 9.52 Å². The lowest BCUT2D eigenvalue weighted by Crippen LogP contribution is -2.15. The molecule has 28 heavy (non-hydrogen) atoms. The second kappa shape index (κ2) is 8.10. The van der Waals surface area contributed by atoms with Crippen molar-refractivity contribution >= 4 is 33.1 Å². The Morgan fingerprint density at radius 2 is 1.57 bits per heavy atom. The van der Waals surface area contributed by atoms with Gasteiger partial charge in [-0.05, 0) is 48.5 Å². The molecule has 1 amide bonds. The van der Waals surface area contributed by atoms with Gasteiger partial charge in [-0.15, -0.1) is 0 Å². The third-order valence-corrected chi connectivity index (χ3v) is 5.31. The maximum atomic E-state index is 12.4. The molecule has 3 aromatic rings. The van der Waals surface area contributed by atoms with Gasteiger partial charge in [0.25, 0.3) is 15.9 Å². The summed E-state index contributed by atoms with van der Waals surface area (Å²) in [4.78, 5) is 18.5. The minimum atomic E-state index is -3.72. The molecule has 0 aliphatic rings.